The fraction of sp³-hybridized carbons (Fsp3) is 0.421. The van der Waals surface area contributed by atoms with E-state index in [9.17, 15) is 19.8 Å². The van der Waals surface area contributed by atoms with Gasteiger partial charge < -0.3 is 15.1 Å². The summed E-state index contributed by atoms with van der Waals surface area (Å²) in [6.07, 6.45) is 0.333. The molecule has 0 fully saturated rings. The predicted molar refractivity (Wildman–Crippen MR) is 137 cm³/mol. The van der Waals surface area contributed by atoms with Crippen LogP contribution in [0.15, 0.2) is 22.7 Å². The molecule has 0 spiro atoms. The number of hydrogen-bond acceptors (Lipinski definition) is 6. The molecule has 0 radical (unpaired) electrons. The van der Waals surface area contributed by atoms with Crippen molar-refractivity contribution in [1.82, 2.24) is 15.0 Å². The van der Waals surface area contributed by atoms with Crippen LogP contribution in [0.5, 0.6) is 0 Å². The number of hydrogen-bond donors (Lipinski definition) is 2. The molecule has 2 atom stereocenters. The van der Waals surface area contributed by atoms with Gasteiger partial charge in [0.2, 0.25) is 7.59 Å². The van der Waals surface area contributed by atoms with Gasteiger partial charge in [-0.1, -0.05) is 83.5 Å². The SMILES string of the molecule is CCC(C(=O)O)N(c1ccc(-c2nc(C(Cl)(Cl)Cl)nc(C(Cl)(Cl)Cl)n2)cc1Br)C(CC)C(=O)O. The number of carbonyl (C=O) groups is 2. The van der Waals surface area contributed by atoms with Crippen molar-refractivity contribution in [3.63, 3.8) is 0 Å². The Kier molecular flexibility index (Phi) is 9.95. The molecule has 1 aromatic carbocycles. The highest BCUT2D eigenvalue weighted by atomic mass is 79.9. The molecule has 2 unspecified atom stereocenters. The summed E-state index contributed by atoms with van der Waals surface area (Å²) in [6.45, 7) is 3.31. The molecule has 186 valence electrons. The number of anilines is 1. The monoisotopic (exact) mass is 654 g/mol. The largest absolute Gasteiger partial charge is 0.480 e. The third kappa shape index (κ3) is 6.90. The van der Waals surface area contributed by atoms with E-state index in [0.717, 1.165) is 0 Å². The van der Waals surface area contributed by atoms with Crippen molar-refractivity contribution in [3.8, 4) is 11.4 Å². The Balaban J connectivity index is 2.69. The van der Waals surface area contributed by atoms with Gasteiger partial charge >= 0.3 is 11.9 Å². The summed E-state index contributed by atoms with van der Waals surface area (Å²) in [4.78, 5) is 37.3. The van der Waals surface area contributed by atoms with Gasteiger partial charge in [0, 0.05) is 10.0 Å². The maximum absolute atomic E-state index is 11.9. The van der Waals surface area contributed by atoms with Crippen molar-refractivity contribution in [2.24, 2.45) is 0 Å². The number of aromatic nitrogens is 3. The highest BCUT2D eigenvalue weighted by Gasteiger charge is 2.36. The third-order valence-electron chi connectivity index (χ3n) is 4.64. The molecule has 8 nitrogen and oxygen atoms in total. The minimum Gasteiger partial charge on any atom is -0.480 e. The smallest absolute Gasteiger partial charge is 0.326 e. The predicted octanol–water partition coefficient (Wildman–Crippen LogP) is 6.49. The van der Waals surface area contributed by atoms with E-state index in [2.05, 4.69) is 30.9 Å². The second-order valence-corrected chi connectivity index (χ2v) is 12.3. The maximum Gasteiger partial charge on any atom is 0.326 e. The minimum atomic E-state index is -2.04. The summed E-state index contributed by atoms with van der Waals surface area (Å²) in [6, 6.07) is 2.44. The molecule has 15 heteroatoms. The van der Waals surface area contributed by atoms with Crippen LogP contribution in [-0.4, -0.2) is 49.2 Å². The number of halogens is 7. The van der Waals surface area contributed by atoms with Crippen LogP contribution in [0.3, 0.4) is 0 Å². The summed E-state index contributed by atoms with van der Waals surface area (Å²) < 4.78 is -3.71. The first-order valence-corrected chi connectivity index (χ1v) is 12.6. The number of carboxylic acid groups (broad SMARTS) is 2. The molecule has 0 aliphatic heterocycles. The molecular formula is C19H17BrCl6N4O4. The van der Waals surface area contributed by atoms with Gasteiger partial charge in [0.1, 0.15) is 12.1 Å². The molecule has 0 amide bonds. The summed E-state index contributed by atoms with van der Waals surface area (Å²) in [5.74, 6) is -2.86. The van der Waals surface area contributed by atoms with E-state index in [1.807, 2.05) is 0 Å². The van der Waals surface area contributed by atoms with Gasteiger partial charge in [0.05, 0.1) is 5.69 Å². The molecule has 0 aliphatic rings. The summed E-state index contributed by atoms with van der Waals surface area (Å²) >= 11 is 38.9. The summed E-state index contributed by atoms with van der Waals surface area (Å²) in [5.41, 5.74) is 0.709. The van der Waals surface area contributed by atoms with Crippen molar-refractivity contribution in [2.75, 3.05) is 4.90 Å². The van der Waals surface area contributed by atoms with Crippen LogP contribution in [0, 0.1) is 0 Å². The van der Waals surface area contributed by atoms with E-state index >= 15 is 0 Å². The van der Waals surface area contributed by atoms with Crippen molar-refractivity contribution in [1.29, 1.82) is 0 Å². The Morgan fingerprint density at radius 1 is 0.912 bits per heavy atom. The molecule has 1 aromatic heterocycles. The van der Waals surface area contributed by atoms with Gasteiger partial charge in [-0.2, -0.15) is 0 Å². The zero-order valence-electron chi connectivity index (χ0n) is 17.4. The Hall–Kier alpha value is -0.810. The Morgan fingerprint density at radius 3 is 1.68 bits per heavy atom. The summed E-state index contributed by atoms with van der Waals surface area (Å²) in [7, 11) is 0. The van der Waals surface area contributed by atoms with E-state index in [-0.39, 0.29) is 30.3 Å². The van der Waals surface area contributed by atoms with Crippen molar-refractivity contribution in [3.05, 3.63) is 34.3 Å². The number of carboxylic acids is 2. The molecule has 0 saturated heterocycles. The molecule has 0 saturated carbocycles. The second kappa shape index (κ2) is 11.5. The quantitative estimate of drug-likeness (QED) is 0.310. The average Bonchev–Trinajstić information content (AvgIpc) is 2.71. The van der Waals surface area contributed by atoms with E-state index in [1.165, 1.54) is 17.0 Å². The van der Waals surface area contributed by atoms with Crippen molar-refractivity contribution in [2.45, 2.75) is 46.4 Å². The third-order valence-corrected chi connectivity index (χ3v) is 6.29. The van der Waals surface area contributed by atoms with Gasteiger partial charge in [-0.25, -0.2) is 24.5 Å². The lowest BCUT2D eigenvalue weighted by Crippen LogP contribution is -2.50. The van der Waals surface area contributed by atoms with E-state index in [0.29, 0.717) is 15.7 Å². The van der Waals surface area contributed by atoms with Crippen LogP contribution < -0.4 is 4.90 Å². The van der Waals surface area contributed by atoms with Gasteiger partial charge in [-0.15, -0.1) is 0 Å². The zero-order chi connectivity index (χ0) is 26.0. The lowest BCUT2D eigenvalue weighted by atomic mass is 10.0. The number of rotatable bonds is 8. The van der Waals surface area contributed by atoms with E-state index < -0.39 is 31.6 Å². The number of nitrogens with zero attached hydrogens (tertiary/aromatic N) is 4. The van der Waals surface area contributed by atoms with Crippen LogP contribution in [0.4, 0.5) is 5.69 Å². The topological polar surface area (TPSA) is 117 Å². The van der Waals surface area contributed by atoms with Gasteiger partial charge in [0.25, 0.3) is 0 Å². The Morgan fingerprint density at radius 2 is 1.35 bits per heavy atom. The highest BCUT2D eigenvalue weighted by molar-refractivity contribution is 9.10. The van der Waals surface area contributed by atoms with Gasteiger partial charge in [-0.05, 0) is 47.0 Å². The van der Waals surface area contributed by atoms with Crippen LogP contribution in [0.1, 0.15) is 38.3 Å². The second-order valence-electron chi connectivity index (χ2n) is 6.90. The van der Waals surface area contributed by atoms with Gasteiger partial charge in [0.15, 0.2) is 17.5 Å². The lowest BCUT2D eigenvalue weighted by molar-refractivity contribution is -0.140. The minimum absolute atomic E-state index is 0.00648. The van der Waals surface area contributed by atoms with E-state index in [1.54, 1.807) is 19.9 Å². The Labute approximate surface area is 233 Å². The molecule has 1 heterocycles. The number of alkyl halides is 6. The number of aliphatic carboxylic acids is 2. The Bertz CT molecular complexity index is 1030. The molecule has 2 N–H and O–H groups in total. The van der Waals surface area contributed by atoms with Crippen molar-refractivity contribution >= 4 is 103 Å². The fourth-order valence-corrected chi connectivity index (χ4v) is 4.24. The van der Waals surface area contributed by atoms with Crippen LogP contribution in [0.25, 0.3) is 11.4 Å². The molecule has 2 aromatic rings. The maximum atomic E-state index is 11.9. The zero-order valence-corrected chi connectivity index (χ0v) is 23.6. The molecular weight excluding hydrogens is 641 g/mol. The lowest BCUT2D eigenvalue weighted by Gasteiger charge is -2.35. The average molecular weight is 658 g/mol. The summed E-state index contributed by atoms with van der Waals surface area (Å²) in [5, 5.41) is 19.4. The highest BCUT2D eigenvalue weighted by Crippen LogP contribution is 2.41. The van der Waals surface area contributed by atoms with Gasteiger partial charge in [-0.3, -0.25) is 0 Å². The standard InChI is InChI=1S/C19H17BrCl6N4O4/c1-3-10(14(31)32)30(11(4-2)15(33)34)12-6-5-8(7-9(12)20)13-27-16(18(21,22)23)29-17(28-13)19(24,25)26/h5-7,10-11H,3-4H2,1-2H3,(H,31,32)(H,33,34). The molecule has 0 aliphatic carbocycles. The molecule has 2 rings (SSSR count). The first-order chi connectivity index (χ1) is 15.6. The fourth-order valence-electron chi connectivity index (χ4n) is 3.15. The van der Waals surface area contributed by atoms with E-state index in [4.69, 9.17) is 69.6 Å². The first kappa shape index (κ1) is 29.4. The number of benzene rings is 1. The normalized spacial score (nSPS) is 13.9. The van der Waals surface area contributed by atoms with Crippen LogP contribution in [0.2, 0.25) is 0 Å². The molecule has 34 heavy (non-hydrogen) atoms. The van der Waals surface area contributed by atoms with Crippen LogP contribution in [-0.2, 0) is 17.2 Å². The van der Waals surface area contributed by atoms with Crippen LogP contribution >= 0.6 is 85.5 Å². The van der Waals surface area contributed by atoms with Crippen molar-refractivity contribution < 1.29 is 19.8 Å². The molecule has 0 bridgehead atoms. The first-order valence-electron chi connectivity index (χ1n) is 9.56.